The Hall–Kier alpha value is -0.0800. The zero-order valence-corrected chi connectivity index (χ0v) is 6.64. The van der Waals surface area contributed by atoms with Gasteiger partial charge in [-0.25, -0.2) is 0 Å². The molecule has 0 saturated carbocycles. The fourth-order valence-electron chi connectivity index (χ4n) is 1.92. The predicted molar refractivity (Wildman–Crippen MR) is 37.7 cm³/mol. The molecular weight excluding hydrogens is 128 g/mol. The van der Waals surface area contributed by atoms with Gasteiger partial charge in [0, 0.05) is 6.42 Å². The maximum absolute atomic E-state index is 5.75. The Kier molecular flexibility index (Phi) is 1.15. The molecule has 2 saturated heterocycles. The van der Waals surface area contributed by atoms with Crippen molar-refractivity contribution < 1.29 is 9.47 Å². The van der Waals surface area contributed by atoms with E-state index in [1.165, 1.54) is 6.42 Å². The third-order valence-electron chi connectivity index (χ3n) is 2.48. The van der Waals surface area contributed by atoms with Crippen molar-refractivity contribution in [3.8, 4) is 0 Å². The lowest BCUT2D eigenvalue weighted by Crippen LogP contribution is -2.37. The van der Waals surface area contributed by atoms with Crippen molar-refractivity contribution in [2.75, 3.05) is 6.61 Å². The molecule has 2 rings (SSSR count). The van der Waals surface area contributed by atoms with Crippen LogP contribution in [0.25, 0.3) is 0 Å². The van der Waals surface area contributed by atoms with Gasteiger partial charge in [0.05, 0.1) is 12.2 Å². The van der Waals surface area contributed by atoms with Crippen LogP contribution in [0.4, 0.5) is 0 Å². The van der Waals surface area contributed by atoms with E-state index in [4.69, 9.17) is 9.47 Å². The van der Waals surface area contributed by atoms with Gasteiger partial charge in [0.2, 0.25) is 0 Å². The molecule has 10 heavy (non-hydrogen) atoms. The van der Waals surface area contributed by atoms with Crippen molar-refractivity contribution in [3.63, 3.8) is 0 Å². The third-order valence-corrected chi connectivity index (χ3v) is 2.48. The second-order valence-electron chi connectivity index (χ2n) is 3.83. The Morgan fingerprint density at radius 3 is 2.60 bits per heavy atom. The van der Waals surface area contributed by atoms with Crippen LogP contribution in [0.3, 0.4) is 0 Å². The number of rotatable bonds is 0. The molecule has 2 aliphatic rings. The predicted octanol–water partition coefficient (Wildman–Crippen LogP) is 1.69. The summed E-state index contributed by atoms with van der Waals surface area (Å²) in [6.07, 6.45) is 3.46. The molecule has 0 radical (unpaired) electrons. The van der Waals surface area contributed by atoms with Gasteiger partial charge in [0.15, 0.2) is 5.79 Å². The van der Waals surface area contributed by atoms with Crippen molar-refractivity contribution in [1.82, 2.24) is 0 Å². The first-order valence-corrected chi connectivity index (χ1v) is 3.96. The fraction of sp³-hybridized carbons (Fsp3) is 1.00. The first kappa shape index (κ1) is 6.62. The normalized spacial score (nSPS) is 53.4. The Bertz CT molecular complexity index is 141. The molecule has 2 nitrogen and oxygen atoms in total. The molecule has 2 aliphatic heterocycles. The van der Waals surface area contributed by atoms with Gasteiger partial charge in [-0.1, -0.05) is 0 Å². The Morgan fingerprint density at radius 2 is 2.00 bits per heavy atom. The molecule has 0 aromatic carbocycles. The first-order valence-electron chi connectivity index (χ1n) is 3.96. The van der Waals surface area contributed by atoms with Gasteiger partial charge in [-0.15, -0.1) is 0 Å². The van der Waals surface area contributed by atoms with E-state index in [1.807, 2.05) is 6.92 Å². The van der Waals surface area contributed by atoms with Gasteiger partial charge in [0.1, 0.15) is 0 Å². The molecule has 0 unspecified atom stereocenters. The summed E-state index contributed by atoms with van der Waals surface area (Å²) in [5.41, 5.74) is 0.0347. The van der Waals surface area contributed by atoms with E-state index in [-0.39, 0.29) is 11.4 Å². The van der Waals surface area contributed by atoms with Crippen LogP contribution in [0.5, 0.6) is 0 Å². The molecule has 2 bridgehead atoms. The van der Waals surface area contributed by atoms with Crippen molar-refractivity contribution >= 4 is 0 Å². The van der Waals surface area contributed by atoms with Gasteiger partial charge >= 0.3 is 0 Å². The number of hydrogen-bond acceptors (Lipinski definition) is 2. The minimum absolute atomic E-state index is 0.0347. The van der Waals surface area contributed by atoms with Crippen molar-refractivity contribution in [1.29, 1.82) is 0 Å². The van der Waals surface area contributed by atoms with Gasteiger partial charge in [0.25, 0.3) is 0 Å². The molecular formula is C8H14O2. The summed E-state index contributed by atoms with van der Waals surface area (Å²) in [7, 11) is 0. The highest BCUT2D eigenvalue weighted by molar-refractivity contribution is 4.90. The first-order chi connectivity index (χ1) is 4.62. The summed E-state index contributed by atoms with van der Waals surface area (Å²) in [5.74, 6) is -0.243. The molecule has 0 spiro atoms. The largest absolute Gasteiger partial charge is 0.347 e. The summed E-state index contributed by atoms with van der Waals surface area (Å²) in [6.45, 7) is 4.96. The molecule has 2 heteroatoms. The maximum Gasteiger partial charge on any atom is 0.166 e. The zero-order chi connectivity index (χ0) is 7.24. The highest BCUT2D eigenvalue weighted by Crippen LogP contribution is 2.42. The molecule has 0 amide bonds. The van der Waals surface area contributed by atoms with Crippen LogP contribution in [-0.4, -0.2) is 18.0 Å². The van der Waals surface area contributed by atoms with Crippen molar-refractivity contribution in [3.05, 3.63) is 0 Å². The molecule has 0 aliphatic carbocycles. The van der Waals surface area contributed by atoms with Crippen molar-refractivity contribution in [2.24, 2.45) is 0 Å². The van der Waals surface area contributed by atoms with Gasteiger partial charge in [-0.2, -0.15) is 0 Å². The molecule has 0 aromatic heterocycles. The van der Waals surface area contributed by atoms with E-state index in [1.54, 1.807) is 0 Å². The standard InChI is InChI=1S/C8H14O2/c1-7-4-3-5-8(2,10-7)9-6-7/h3-6H2,1-2H3/t7-,8+/m1/s1. The van der Waals surface area contributed by atoms with Crippen LogP contribution in [0.1, 0.15) is 33.1 Å². The summed E-state index contributed by atoms with van der Waals surface area (Å²) >= 11 is 0. The lowest BCUT2D eigenvalue weighted by molar-refractivity contribution is -0.195. The van der Waals surface area contributed by atoms with Gasteiger partial charge in [-0.3, -0.25) is 0 Å². The van der Waals surface area contributed by atoms with Crippen LogP contribution < -0.4 is 0 Å². The molecule has 2 fully saturated rings. The minimum Gasteiger partial charge on any atom is -0.347 e. The van der Waals surface area contributed by atoms with E-state index < -0.39 is 0 Å². The Morgan fingerprint density at radius 1 is 1.20 bits per heavy atom. The van der Waals surface area contributed by atoms with Gasteiger partial charge in [-0.05, 0) is 26.7 Å². The lowest BCUT2D eigenvalue weighted by atomic mass is 9.96. The van der Waals surface area contributed by atoms with Crippen LogP contribution in [0.15, 0.2) is 0 Å². The topological polar surface area (TPSA) is 18.5 Å². The molecule has 0 aromatic rings. The van der Waals surface area contributed by atoms with Gasteiger partial charge < -0.3 is 9.47 Å². The summed E-state index contributed by atoms with van der Waals surface area (Å²) < 4.78 is 11.3. The zero-order valence-electron chi connectivity index (χ0n) is 6.64. The summed E-state index contributed by atoms with van der Waals surface area (Å²) in [4.78, 5) is 0. The van der Waals surface area contributed by atoms with E-state index in [2.05, 4.69) is 6.92 Å². The maximum atomic E-state index is 5.75. The molecule has 58 valence electrons. The molecule has 2 atom stereocenters. The average molecular weight is 142 g/mol. The van der Waals surface area contributed by atoms with Crippen molar-refractivity contribution in [2.45, 2.75) is 44.5 Å². The fourth-order valence-corrected chi connectivity index (χ4v) is 1.92. The second-order valence-corrected chi connectivity index (χ2v) is 3.83. The lowest BCUT2D eigenvalue weighted by Gasteiger charge is -2.32. The Balaban J connectivity index is 2.20. The average Bonchev–Trinajstić information content (AvgIpc) is 2.03. The van der Waals surface area contributed by atoms with Crippen LogP contribution in [0, 0.1) is 0 Å². The molecule has 2 heterocycles. The number of ether oxygens (including phenoxy) is 2. The van der Waals surface area contributed by atoms with E-state index >= 15 is 0 Å². The van der Waals surface area contributed by atoms with Crippen LogP contribution in [-0.2, 0) is 9.47 Å². The van der Waals surface area contributed by atoms with Crippen LogP contribution >= 0.6 is 0 Å². The summed E-state index contributed by atoms with van der Waals surface area (Å²) in [6, 6.07) is 0. The second kappa shape index (κ2) is 1.74. The number of hydrogen-bond donors (Lipinski definition) is 0. The van der Waals surface area contributed by atoms with E-state index in [0.717, 1.165) is 19.4 Å². The smallest absolute Gasteiger partial charge is 0.166 e. The SMILES string of the molecule is C[C@@]12CCC[C@@](C)(OC1)O2. The highest BCUT2D eigenvalue weighted by atomic mass is 16.8. The Labute approximate surface area is 61.5 Å². The third kappa shape index (κ3) is 0.867. The quantitative estimate of drug-likeness (QED) is 0.512. The number of fused-ring (bicyclic) bond motifs is 2. The van der Waals surface area contributed by atoms with E-state index in [0.29, 0.717) is 0 Å². The monoisotopic (exact) mass is 142 g/mol. The molecule has 0 N–H and O–H groups in total. The summed E-state index contributed by atoms with van der Waals surface area (Å²) in [5, 5.41) is 0. The minimum atomic E-state index is -0.243. The highest BCUT2D eigenvalue weighted by Gasteiger charge is 2.47. The van der Waals surface area contributed by atoms with E-state index in [9.17, 15) is 0 Å². The van der Waals surface area contributed by atoms with Crippen LogP contribution in [0.2, 0.25) is 0 Å².